The first-order chi connectivity index (χ1) is 18.5. The molecule has 0 aliphatic heterocycles. The van der Waals surface area contributed by atoms with Gasteiger partial charge >= 0.3 is 0 Å². The highest BCUT2D eigenvalue weighted by Gasteiger charge is 2.28. The maximum atomic E-state index is 13.4. The summed E-state index contributed by atoms with van der Waals surface area (Å²) in [4.78, 5) is 13.4. The second kappa shape index (κ2) is 12.1. The lowest BCUT2D eigenvalue weighted by atomic mass is 9.95. The van der Waals surface area contributed by atoms with Gasteiger partial charge < -0.3 is 34.3 Å². The zero-order valence-electron chi connectivity index (χ0n) is 22.9. The third-order valence-corrected chi connectivity index (χ3v) is 7.06. The molecule has 3 aromatic rings. The van der Waals surface area contributed by atoms with E-state index in [0.717, 1.165) is 40.7 Å². The maximum absolute atomic E-state index is 13.4. The standard InChI is InChI=1S/C30H36N2O6/c1-31-22-10-8-19-16-27(36-4)29(37-5)30(38-6)28(19)20-9-11-23(24(33)17-21(20)22)32-14-13-18-7-12-25(34-2)26(15-18)35-3/h7,9,11-12,15-17,22,31H,8,10,13-14H2,1-6H3,(H,32,33)/t22-/m1/s1. The second-order valence-corrected chi connectivity index (χ2v) is 9.05. The van der Waals surface area contributed by atoms with E-state index < -0.39 is 0 Å². The summed E-state index contributed by atoms with van der Waals surface area (Å²) in [5.41, 5.74) is 5.41. The molecule has 0 fully saturated rings. The number of benzene rings is 2. The molecular weight excluding hydrogens is 484 g/mol. The summed E-state index contributed by atoms with van der Waals surface area (Å²) in [6.45, 7) is 0.583. The third kappa shape index (κ3) is 5.22. The van der Waals surface area contributed by atoms with Crippen molar-refractivity contribution in [3.8, 4) is 39.9 Å². The fourth-order valence-corrected chi connectivity index (χ4v) is 5.14. The number of hydrogen-bond acceptors (Lipinski definition) is 8. The molecule has 2 N–H and O–H groups in total. The van der Waals surface area contributed by atoms with Gasteiger partial charge in [-0.1, -0.05) is 12.1 Å². The summed E-state index contributed by atoms with van der Waals surface area (Å²) in [7, 11) is 10.00. The van der Waals surface area contributed by atoms with Gasteiger partial charge in [0.05, 0.1) is 41.2 Å². The van der Waals surface area contributed by atoms with Crippen LogP contribution >= 0.6 is 0 Å². The predicted molar refractivity (Wildman–Crippen MR) is 150 cm³/mol. The molecule has 8 heteroatoms. The van der Waals surface area contributed by atoms with Gasteiger partial charge in [-0.3, -0.25) is 4.79 Å². The first-order valence-corrected chi connectivity index (χ1v) is 12.6. The third-order valence-electron chi connectivity index (χ3n) is 7.06. The van der Waals surface area contributed by atoms with Crippen molar-refractivity contribution in [1.82, 2.24) is 5.32 Å². The van der Waals surface area contributed by atoms with E-state index >= 15 is 0 Å². The van der Waals surface area contributed by atoms with Gasteiger partial charge in [0.2, 0.25) is 11.2 Å². The zero-order valence-corrected chi connectivity index (χ0v) is 22.9. The van der Waals surface area contributed by atoms with Crippen LogP contribution in [0.5, 0.6) is 28.7 Å². The highest BCUT2D eigenvalue weighted by Crippen LogP contribution is 2.50. The molecule has 202 valence electrons. The van der Waals surface area contributed by atoms with E-state index in [-0.39, 0.29) is 11.5 Å². The van der Waals surface area contributed by atoms with Crippen LogP contribution < -0.4 is 39.7 Å². The Kier molecular flexibility index (Phi) is 8.63. The van der Waals surface area contributed by atoms with Crippen LogP contribution in [0.25, 0.3) is 11.1 Å². The van der Waals surface area contributed by atoms with Gasteiger partial charge in [0.1, 0.15) is 0 Å². The van der Waals surface area contributed by atoms with Crippen molar-refractivity contribution in [2.45, 2.75) is 25.3 Å². The largest absolute Gasteiger partial charge is 0.493 e. The SMILES string of the molecule is CN[C@@H]1CCc2cc(OC)c(OC)c(OC)c2-c2ccc(NCCc3ccc(OC)c(OC)c3)c(=O)cc21. The minimum Gasteiger partial charge on any atom is -0.493 e. The van der Waals surface area contributed by atoms with Crippen LogP contribution in [0, 0.1) is 0 Å². The molecule has 1 aliphatic carbocycles. The number of anilines is 1. The lowest BCUT2D eigenvalue weighted by Crippen LogP contribution is -2.18. The monoisotopic (exact) mass is 520 g/mol. The Morgan fingerprint density at radius 3 is 2.21 bits per heavy atom. The molecule has 0 aromatic heterocycles. The van der Waals surface area contributed by atoms with E-state index in [1.165, 1.54) is 0 Å². The van der Waals surface area contributed by atoms with Crippen molar-refractivity contribution >= 4 is 5.69 Å². The Labute approximate surface area is 223 Å². The van der Waals surface area contributed by atoms with Gasteiger partial charge in [-0.15, -0.1) is 0 Å². The quantitative estimate of drug-likeness (QED) is 0.401. The highest BCUT2D eigenvalue weighted by atomic mass is 16.5. The fourth-order valence-electron chi connectivity index (χ4n) is 5.14. The van der Waals surface area contributed by atoms with E-state index in [1.54, 1.807) is 41.6 Å². The normalized spacial score (nSPS) is 14.0. The number of methoxy groups -OCH3 is 5. The molecule has 0 amide bonds. The van der Waals surface area contributed by atoms with Crippen LogP contribution in [0.3, 0.4) is 0 Å². The Hall–Kier alpha value is -3.91. The minimum absolute atomic E-state index is 0.00110. The number of nitrogens with one attached hydrogen (secondary N) is 2. The Morgan fingerprint density at radius 2 is 1.55 bits per heavy atom. The molecule has 4 rings (SSSR count). The van der Waals surface area contributed by atoms with Gasteiger partial charge in [-0.05, 0) is 78.9 Å². The molecule has 0 saturated heterocycles. The molecule has 0 radical (unpaired) electrons. The lowest BCUT2D eigenvalue weighted by molar-refractivity contribution is 0.324. The van der Waals surface area contributed by atoms with Gasteiger partial charge in [-0.2, -0.15) is 0 Å². The molecule has 0 spiro atoms. The van der Waals surface area contributed by atoms with Crippen LogP contribution in [0.1, 0.15) is 29.2 Å². The fraction of sp³-hybridized carbons (Fsp3) is 0.367. The topological polar surface area (TPSA) is 87.3 Å². The molecule has 1 atom stereocenters. The second-order valence-electron chi connectivity index (χ2n) is 9.05. The van der Waals surface area contributed by atoms with Crippen LogP contribution in [0.4, 0.5) is 5.69 Å². The summed E-state index contributed by atoms with van der Waals surface area (Å²) in [6, 6.07) is 13.4. The van der Waals surface area contributed by atoms with E-state index in [0.29, 0.717) is 47.4 Å². The molecule has 8 nitrogen and oxygen atoms in total. The van der Waals surface area contributed by atoms with Gasteiger partial charge in [-0.25, -0.2) is 0 Å². The van der Waals surface area contributed by atoms with Gasteiger partial charge in [0.25, 0.3) is 0 Å². The van der Waals surface area contributed by atoms with Crippen molar-refractivity contribution in [2.24, 2.45) is 0 Å². The smallest absolute Gasteiger partial charge is 0.203 e. The van der Waals surface area contributed by atoms with Gasteiger partial charge in [0, 0.05) is 18.2 Å². The summed E-state index contributed by atoms with van der Waals surface area (Å²) >= 11 is 0. The van der Waals surface area contributed by atoms with Crippen LogP contribution in [-0.4, -0.2) is 49.1 Å². The van der Waals surface area contributed by atoms with Crippen LogP contribution in [-0.2, 0) is 12.8 Å². The predicted octanol–water partition coefficient (Wildman–Crippen LogP) is 4.62. The van der Waals surface area contributed by atoms with Gasteiger partial charge in [0.15, 0.2) is 23.0 Å². The van der Waals surface area contributed by atoms with E-state index in [1.807, 2.05) is 43.4 Å². The van der Waals surface area contributed by atoms with Crippen molar-refractivity contribution in [3.63, 3.8) is 0 Å². The molecule has 38 heavy (non-hydrogen) atoms. The van der Waals surface area contributed by atoms with E-state index in [9.17, 15) is 4.79 Å². The molecule has 0 saturated carbocycles. The average Bonchev–Trinajstić information content (AvgIpc) is 3.19. The highest BCUT2D eigenvalue weighted by molar-refractivity contribution is 5.83. The van der Waals surface area contributed by atoms with Crippen molar-refractivity contribution < 1.29 is 23.7 Å². The van der Waals surface area contributed by atoms with Crippen LogP contribution in [0.2, 0.25) is 0 Å². The van der Waals surface area contributed by atoms with Crippen LogP contribution in [0.15, 0.2) is 47.3 Å². The number of fused-ring (bicyclic) bond motifs is 3. The summed E-state index contributed by atoms with van der Waals surface area (Å²) in [6.07, 6.45) is 2.33. The first-order valence-electron chi connectivity index (χ1n) is 12.6. The van der Waals surface area contributed by atoms with Crippen molar-refractivity contribution in [2.75, 3.05) is 54.5 Å². The lowest BCUT2D eigenvalue weighted by Gasteiger charge is -2.19. The molecule has 0 bridgehead atoms. The maximum Gasteiger partial charge on any atom is 0.203 e. The Balaban J connectivity index is 1.73. The molecule has 0 unspecified atom stereocenters. The summed E-state index contributed by atoms with van der Waals surface area (Å²) < 4.78 is 27.9. The summed E-state index contributed by atoms with van der Waals surface area (Å²) in [5, 5.41) is 6.72. The molecule has 3 aromatic carbocycles. The Morgan fingerprint density at radius 1 is 0.816 bits per heavy atom. The zero-order chi connectivity index (χ0) is 27.2. The van der Waals surface area contributed by atoms with E-state index in [2.05, 4.69) is 10.6 Å². The van der Waals surface area contributed by atoms with Crippen molar-refractivity contribution in [1.29, 1.82) is 0 Å². The first kappa shape index (κ1) is 27.1. The number of hydrogen-bond donors (Lipinski definition) is 2. The minimum atomic E-state index is -0.0679. The molecule has 1 aliphatic rings. The number of rotatable bonds is 10. The molecule has 0 heterocycles. The molecular formula is C30H36N2O6. The van der Waals surface area contributed by atoms with E-state index in [4.69, 9.17) is 23.7 Å². The average molecular weight is 521 g/mol. The number of aryl methyl sites for hydroxylation is 1. The Bertz CT molecular complexity index is 1360. The number of ether oxygens (including phenoxy) is 5. The van der Waals surface area contributed by atoms with Crippen molar-refractivity contribution in [3.05, 3.63) is 69.4 Å². The summed E-state index contributed by atoms with van der Waals surface area (Å²) in [5.74, 6) is 3.12.